The van der Waals surface area contributed by atoms with Gasteiger partial charge in [-0.2, -0.15) is 13.2 Å². The molecule has 2 amide bonds. The number of urea groups is 1. The number of nitrogens with zero attached hydrogens (tertiary/aromatic N) is 1. The Labute approximate surface area is 126 Å². The number of hydrogen-bond donors (Lipinski definition) is 2. The van der Waals surface area contributed by atoms with Crippen LogP contribution in [0, 0.1) is 25.7 Å². The number of anilines is 1. The lowest BCUT2D eigenvalue weighted by Gasteiger charge is -2.33. The molecule has 1 aliphatic carbocycles. The van der Waals surface area contributed by atoms with Gasteiger partial charge in [0.25, 0.3) is 0 Å². The van der Waals surface area contributed by atoms with E-state index < -0.39 is 24.0 Å². The average molecular weight is 319 g/mol. The minimum Gasteiger partial charge on any atom is -0.359 e. The predicted octanol–water partition coefficient (Wildman–Crippen LogP) is 3.78. The third-order valence-electron chi connectivity index (χ3n) is 4.24. The molecule has 0 aromatic carbocycles. The van der Waals surface area contributed by atoms with Crippen LogP contribution < -0.4 is 10.6 Å². The zero-order chi connectivity index (χ0) is 16.3. The van der Waals surface area contributed by atoms with Gasteiger partial charge in [0.05, 0.1) is 5.92 Å². The van der Waals surface area contributed by atoms with Crippen LogP contribution in [0.15, 0.2) is 4.52 Å². The Morgan fingerprint density at radius 2 is 2.00 bits per heavy atom. The molecule has 2 atom stereocenters. The Bertz CT molecular complexity index is 528. The number of aryl methyl sites for hydroxylation is 1. The molecule has 0 saturated heterocycles. The van der Waals surface area contributed by atoms with Gasteiger partial charge in [0.1, 0.15) is 5.76 Å². The molecule has 1 aliphatic rings. The third kappa shape index (κ3) is 3.92. The summed E-state index contributed by atoms with van der Waals surface area (Å²) in [7, 11) is 0. The summed E-state index contributed by atoms with van der Waals surface area (Å²) in [6.07, 6.45) is -2.24. The second kappa shape index (κ2) is 6.58. The Hall–Kier alpha value is -1.73. The minimum atomic E-state index is -4.21. The fourth-order valence-corrected chi connectivity index (χ4v) is 2.79. The second-order valence-electron chi connectivity index (χ2n) is 5.74. The van der Waals surface area contributed by atoms with Gasteiger partial charge < -0.3 is 9.84 Å². The van der Waals surface area contributed by atoms with Crippen LogP contribution in [-0.4, -0.2) is 23.9 Å². The number of alkyl halides is 3. The summed E-state index contributed by atoms with van der Waals surface area (Å²) in [5, 5.41) is 8.67. The molecule has 124 valence electrons. The molecule has 8 heteroatoms. The van der Waals surface area contributed by atoms with E-state index in [0.717, 1.165) is 6.42 Å². The molecule has 0 aliphatic heterocycles. The highest BCUT2D eigenvalue weighted by molar-refractivity contribution is 5.88. The molecule has 2 N–H and O–H groups in total. The van der Waals surface area contributed by atoms with E-state index >= 15 is 0 Å². The van der Waals surface area contributed by atoms with Crippen molar-refractivity contribution in [3.63, 3.8) is 0 Å². The summed E-state index contributed by atoms with van der Waals surface area (Å²) in [4.78, 5) is 11.8. The number of hydrogen-bond acceptors (Lipinski definition) is 3. The van der Waals surface area contributed by atoms with Gasteiger partial charge in [0.2, 0.25) is 0 Å². The van der Waals surface area contributed by atoms with Gasteiger partial charge in [-0.25, -0.2) is 4.79 Å². The Kier molecular flexibility index (Phi) is 4.97. The number of carbonyl (C=O) groups is 1. The molecule has 1 heterocycles. The number of aromatic nitrogens is 1. The highest BCUT2D eigenvalue weighted by Crippen LogP contribution is 2.41. The number of nitrogens with one attached hydrogen (secondary N) is 2. The smallest absolute Gasteiger partial charge is 0.359 e. The van der Waals surface area contributed by atoms with Crippen LogP contribution in [-0.2, 0) is 0 Å². The van der Waals surface area contributed by atoms with Crippen molar-refractivity contribution in [1.29, 1.82) is 0 Å². The maximum atomic E-state index is 13.0. The van der Waals surface area contributed by atoms with E-state index in [-0.39, 0.29) is 18.8 Å². The molecule has 0 spiro atoms. The zero-order valence-corrected chi connectivity index (χ0v) is 12.6. The van der Waals surface area contributed by atoms with E-state index in [2.05, 4.69) is 15.8 Å². The van der Waals surface area contributed by atoms with E-state index in [1.807, 2.05) is 0 Å². The Morgan fingerprint density at radius 1 is 1.32 bits per heavy atom. The largest absolute Gasteiger partial charge is 0.392 e. The maximum absolute atomic E-state index is 13.0. The lowest BCUT2D eigenvalue weighted by atomic mass is 9.79. The van der Waals surface area contributed by atoms with Crippen molar-refractivity contribution >= 4 is 11.8 Å². The van der Waals surface area contributed by atoms with Crippen molar-refractivity contribution in [2.75, 3.05) is 11.9 Å². The Balaban J connectivity index is 1.88. The number of amides is 2. The molecule has 1 aromatic rings. The highest BCUT2D eigenvalue weighted by Gasteiger charge is 2.45. The molecule has 5 nitrogen and oxygen atoms in total. The third-order valence-corrected chi connectivity index (χ3v) is 4.24. The first-order chi connectivity index (χ1) is 10.3. The lowest BCUT2D eigenvalue weighted by Crippen LogP contribution is -2.41. The molecule has 0 radical (unpaired) electrons. The van der Waals surface area contributed by atoms with Crippen LogP contribution in [0.1, 0.15) is 37.0 Å². The van der Waals surface area contributed by atoms with Gasteiger partial charge in [0.15, 0.2) is 5.82 Å². The van der Waals surface area contributed by atoms with Crippen molar-refractivity contribution in [3.8, 4) is 0 Å². The van der Waals surface area contributed by atoms with Crippen molar-refractivity contribution in [2.24, 2.45) is 11.8 Å². The van der Waals surface area contributed by atoms with E-state index in [1.165, 1.54) is 0 Å². The van der Waals surface area contributed by atoms with E-state index in [0.29, 0.717) is 24.2 Å². The van der Waals surface area contributed by atoms with Crippen LogP contribution in [0.25, 0.3) is 0 Å². The highest BCUT2D eigenvalue weighted by atomic mass is 19.4. The second-order valence-corrected chi connectivity index (χ2v) is 5.74. The van der Waals surface area contributed by atoms with Gasteiger partial charge in [-0.15, -0.1) is 0 Å². The van der Waals surface area contributed by atoms with Gasteiger partial charge in [-0.05, 0) is 32.6 Å². The summed E-state index contributed by atoms with van der Waals surface area (Å²) < 4.78 is 43.8. The van der Waals surface area contributed by atoms with Crippen molar-refractivity contribution in [2.45, 2.75) is 45.7 Å². The van der Waals surface area contributed by atoms with E-state index in [1.54, 1.807) is 13.8 Å². The fraction of sp³-hybridized carbons (Fsp3) is 0.714. The van der Waals surface area contributed by atoms with Crippen LogP contribution in [0.2, 0.25) is 0 Å². The summed E-state index contributed by atoms with van der Waals surface area (Å²) >= 11 is 0. The summed E-state index contributed by atoms with van der Waals surface area (Å²) in [5.41, 5.74) is 0.695. The SMILES string of the molecule is Cc1onc(NC(=O)NC[C@H]2CCCC[C@H]2C(F)(F)F)c1C. The average Bonchev–Trinajstić information content (AvgIpc) is 2.76. The van der Waals surface area contributed by atoms with Gasteiger partial charge in [-0.3, -0.25) is 5.32 Å². The van der Waals surface area contributed by atoms with E-state index in [9.17, 15) is 18.0 Å². The fourth-order valence-electron chi connectivity index (χ4n) is 2.79. The number of halogens is 3. The molecule has 2 rings (SSSR count). The minimum absolute atomic E-state index is 0.00584. The van der Waals surface area contributed by atoms with Crippen LogP contribution in [0.4, 0.5) is 23.8 Å². The monoisotopic (exact) mass is 319 g/mol. The molecular weight excluding hydrogens is 299 g/mol. The Morgan fingerprint density at radius 3 is 2.59 bits per heavy atom. The maximum Gasteiger partial charge on any atom is 0.392 e. The van der Waals surface area contributed by atoms with Gasteiger partial charge in [0, 0.05) is 12.1 Å². The summed E-state index contributed by atoms with van der Waals surface area (Å²) in [5.74, 6) is -1.04. The first kappa shape index (κ1) is 16.6. The van der Waals surface area contributed by atoms with Crippen molar-refractivity contribution in [1.82, 2.24) is 10.5 Å². The zero-order valence-electron chi connectivity index (χ0n) is 12.6. The first-order valence-corrected chi connectivity index (χ1v) is 7.33. The molecular formula is C14H20F3N3O2. The molecule has 0 unspecified atom stereocenters. The van der Waals surface area contributed by atoms with Crippen LogP contribution >= 0.6 is 0 Å². The normalized spacial score (nSPS) is 22.4. The molecule has 22 heavy (non-hydrogen) atoms. The van der Waals surface area contributed by atoms with E-state index in [4.69, 9.17) is 4.52 Å². The van der Waals surface area contributed by atoms with Crippen molar-refractivity contribution in [3.05, 3.63) is 11.3 Å². The molecule has 1 fully saturated rings. The number of carbonyl (C=O) groups excluding carboxylic acids is 1. The standard InChI is InChI=1S/C14H20F3N3O2/c1-8-9(2)22-20-12(8)19-13(21)18-7-10-5-3-4-6-11(10)14(15,16)17/h10-11H,3-7H2,1-2H3,(H2,18,19,20,21)/t10-,11-/m1/s1. The first-order valence-electron chi connectivity index (χ1n) is 7.33. The topological polar surface area (TPSA) is 67.2 Å². The van der Waals surface area contributed by atoms with Crippen LogP contribution in [0.5, 0.6) is 0 Å². The predicted molar refractivity (Wildman–Crippen MR) is 74.5 cm³/mol. The summed E-state index contributed by atoms with van der Waals surface area (Å²) in [6.45, 7) is 3.45. The summed E-state index contributed by atoms with van der Waals surface area (Å²) in [6, 6.07) is -0.567. The van der Waals surface area contributed by atoms with Crippen LogP contribution in [0.3, 0.4) is 0 Å². The molecule has 1 aromatic heterocycles. The van der Waals surface area contributed by atoms with Crippen molar-refractivity contribution < 1.29 is 22.5 Å². The van der Waals surface area contributed by atoms with Gasteiger partial charge in [-0.1, -0.05) is 18.0 Å². The number of rotatable bonds is 3. The quantitative estimate of drug-likeness (QED) is 0.891. The molecule has 1 saturated carbocycles. The lowest BCUT2D eigenvalue weighted by molar-refractivity contribution is -0.195. The molecule has 0 bridgehead atoms. The van der Waals surface area contributed by atoms with Gasteiger partial charge >= 0.3 is 12.2 Å².